The van der Waals surface area contributed by atoms with Gasteiger partial charge in [0.2, 0.25) is 0 Å². The van der Waals surface area contributed by atoms with Crippen LogP contribution in [0.2, 0.25) is 0 Å². The topological polar surface area (TPSA) is 87.2 Å². The zero-order valence-electron chi connectivity index (χ0n) is 14.2. The fourth-order valence-corrected chi connectivity index (χ4v) is 5.61. The molecule has 2 aliphatic heterocycles. The SMILES string of the molecule is CCOC(=O)N1CCC(O)(CN(C)[C@@]2(C)CCS(=O)(=O)C2)CC1. The van der Waals surface area contributed by atoms with Gasteiger partial charge in [0.15, 0.2) is 9.84 Å². The average molecular weight is 348 g/mol. The van der Waals surface area contributed by atoms with Gasteiger partial charge < -0.3 is 14.7 Å². The molecular weight excluding hydrogens is 320 g/mol. The van der Waals surface area contributed by atoms with E-state index in [4.69, 9.17) is 4.74 Å². The number of carbonyl (C=O) groups is 1. The number of likely N-dealkylation sites (tertiary alicyclic amines) is 1. The van der Waals surface area contributed by atoms with Crippen molar-refractivity contribution < 1.29 is 23.1 Å². The Balaban J connectivity index is 1.92. The molecule has 0 bridgehead atoms. The maximum atomic E-state index is 11.8. The van der Waals surface area contributed by atoms with Crippen LogP contribution in [0.25, 0.3) is 0 Å². The Bertz CT molecular complexity index is 542. The molecule has 2 fully saturated rings. The van der Waals surface area contributed by atoms with E-state index in [0.717, 1.165) is 0 Å². The predicted octanol–water partition coefficient (Wildman–Crippen LogP) is 0.479. The molecule has 2 saturated heterocycles. The molecule has 0 aromatic rings. The van der Waals surface area contributed by atoms with E-state index < -0.39 is 21.0 Å². The molecule has 2 heterocycles. The number of amides is 1. The fourth-order valence-electron chi connectivity index (χ4n) is 3.41. The summed E-state index contributed by atoms with van der Waals surface area (Å²) in [7, 11) is -1.11. The highest BCUT2D eigenvalue weighted by molar-refractivity contribution is 7.91. The van der Waals surface area contributed by atoms with Crippen LogP contribution in [0, 0.1) is 0 Å². The van der Waals surface area contributed by atoms with Gasteiger partial charge in [-0.2, -0.15) is 0 Å². The molecule has 0 aliphatic carbocycles. The molecule has 7 nitrogen and oxygen atoms in total. The van der Waals surface area contributed by atoms with Crippen LogP contribution >= 0.6 is 0 Å². The van der Waals surface area contributed by atoms with Crippen molar-refractivity contribution in [3.05, 3.63) is 0 Å². The highest BCUT2D eigenvalue weighted by Crippen LogP contribution is 2.32. The number of hydrogen-bond donors (Lipinski definition) is 1. The zero-order chi connectivity index (χ0) is 17.3. The Kier molecular flexibility index (Phi) is 5.27. The van der Waals surface area contributed by atoms with Gasteiger partial charge in [-0.25, -0.2) is 13.2 Å². The first kappa shape index (κ1) is 18.5. The van der Waals surface area contributed by atoms with Crippen LogP contribution in [0.4, 0.5) is 4.79 Å². The number of β-amino-alcohol motifs (C(OH)–C–C–N with tert-alkyl or cyclic N) is 1. The van der Waals surface area contributed by atoms with Gasteiger partial charge in [0.25, 0.3) is 0 Å². The first-order valence-corrected chi connectivity index (χ1v) is 9.97. The first-order chi connectivity index (χ1) is 10.6. The van der Waals surface area contributed by atoms with Crippen LogP contribution in [-0.2, 0) is 14.6 Å². The van der Waals surface area contributed by atoms with Crippen molar-refractivity contribution in [2.75, 3.05) is 44.8 Å². The second-order valence-electron chi connectivity index (χ2n) is 7.11. The van der Waals surface area contributed by atoms with E-state index >= 15 is 0 Å². The minimum Gasteiger partial charge on any atom is -0.450 e. The van der Waals surface area contributed by atoms with Crippen LogP contribution in [0.15, 0.2) is 0 Å². The molecule has 0 unspecified atom stereocenters. The number of hydrogen-bond acceptors (Lipinski definition) is 6. The minimum atomic E-state index is -2.98. The molecule has 1 atom stereocenters. The minimum absolute atomic E-state index is 0.140. The van der Waals surface area contributed by atoms with Crippen molar-refractivity contribution >= 4 is 15.9 Å². The summed E-state index contributed by atoms with van der Waals surface area (Å²) in [5.41, 5.74) is -1.32. The molecule has 0 aromatic heterocycles. The van der Waals surface area contributed by atoms with Gasteiger partial charge in [0, 0.05) is 25.2 Å². The summed E-state index contributed by atoms with van der Waals surface area (Å²) in [5, 5.41) is 10.8. The summed E-state index contributed by atoms with van der Waals surface area (Å²) in [6, 6.07) is 0. The van der Waals surface area contributed by atoms with E-state index in [0.29, 0.717) is 45.5 Å². The van der Waals surface area contributed by atoms with Gasteiger partial charge in [-0.15, -0.1) is 0 Å². The standard InChI is InChI=1S/C15H28N2O5S/c1-4-22-13(18)17-8-5-15(19,6-9-17)11-16(3)14(2)7-10-23(20,21)12-14/h19H,4-12H2,1-3H3/t14-/m0/s1. The molecule has 0 spiro atoms. The van der Waals surface area contributed by atoms with Crippen molar-refractivity contribution in [1.29, 1.82) is 0 Å². The van der Waals surface area contributed by atoms with Crippen molar-refractivity contribution in [2.24, 2.45) is 0 Å². The summed E-state index contributed by atoms with van der Waals surface area (Å²) in [6.07, 6.45) is 1.20. The fraction of sp³-hybridized carbons (Fsp3) is 0.933. The summed E-state index contributed by atoms with van der Waals surface area (Å²) < 4.78 is 28.5. The third-order valence-corrected chi connectivity index (χ3v) is 7.04. The summed E-state index contributed by atoms with van der Waals surface area (Å²) in [6.45, 7) is 5.37. The zero-order valence-corrected chi connectivity index (χ0v) is 15.1. The molecule has 0 saturated carbocycles. The first-order valence-electron chi connectivity index (χ1n) is 8.15. The number of sulfone groups is 1. The largest absolute Gasteiger partial charge is 0.450 e. The monoisotopic (exact) mass is 348 g/mol. The lowest BCUT2D eigenvalue weighted by Crippen LogP contribution is -2.56. The summed E-state index contributed by atoms with van der Waals surface area (Å²) in [5.74, 6) is 0.352. The Labute approximate surface area is 138 Å². The molecule has 2 aliphatic rings. The number of ether oxygens (including phenoxy) is 1. The van der Waals surface area contributed by atoms with Gasteiger partial charge in [-0.05, 0) is 40.2 Å². The maximum Gasteiger partial charge on any atom is 0.409 e. The Morgan fingerprint density at radius 2 is 1.91 bits per heavy atom. The molecule has 2 rings (SSSR count). The number of aliphatic hydroxyl groups is 1. The second kappa shape index (κ2) is 6.57. The lowest BCUT2D eigenvalue weighted by atomic mass is 9.89. The van der Waals surface area contributed by atoms with Crippen molar-refractivity contribution in [1.82, 2.24) is 9.80 Å². The van der Waals surface area contributed by atoms with E-state index in [2.05, 4.69) is 0 Å². The van der Waals surface area contributed by atoms with Gasteiger partial charge in [0.1, 0.15) is 0 Å². The van der Waals surface area contributed by atoms with E-state index in [1.807, 2.05) is 18.9 Å². The Hall–Kier alpha value is -0.860. The number of rotatable bonds is 4. The summed E-state index contributed by atoms with van der Waals surface area (Å²) in [4.78, 5) is 15.3. The van der Waals surface area contributed by atoms with Gasteiger partial charge in [0.05, 0.1) is 23.7 Å². The van der Waals surface area contributed by atoms with Gasteiger partial charge >= 0.3 is 6.09 Å². The number of piperidine rings is 1. The third kappa shape index (κ3) is 4.36. The molecular formula is C15H28N2O5S. The molecule has 8 heteroatoms. The smallest absolute Gasteiger partial charge is 0.409 e. The Morgan fingerprint density at radius 3 is 2.39 bits per heavy atom. The van der Waals surface area contributed by atoms with Crippen molar-refractivity contribution in [3.8, 4) is 0 Å². The van der Waals surface area contributed by atoms with Gasteiger partial charge in [-0.1, -0.05) is 0 Å². The quantitative estimate of drug-likeness (QED) is 0.795. The molecule has 23 heavy (non-hydrogen) atoms. The van der Waals surface area contributed by atoms with E-state index in [-0.39, 0.29) is 17.6 Å². The van der Waals surface area contributed by atoms with Crippen LogP contribution in [0.5, 0.6) is 0 Å². The van der Waals surface area contributed by atoms with Crippen LogP contribution in [0.1, 0.15) is 33.1 Å². The third-order valence-electron chi connectivity index (χ3n) is 5.16. The van der Waals surface area contributed by atoms with E-state index in [1.54, 1.807) is 11.8 Å². The molecule has 1 amide bonds. The van der Waals surface area contributed by atoms with Crippen molar-refractivity contribution in [3.63, 3.8) is 0 Å². The summed E-state index contributed by atoms with van der Waals surface area (Å²) >= 11 is 0. The Morgan fingerprint density at radius 1 is 1.30 bits per heavy atom. The van der Waals surface area contributed by atoms with Gasteiger partial charge in [-0.3, -0.25) is 4.90 Å². The van der Waals surface area contributed by atoms with Crippen molar-refractivity contribution in [2.45, 2.75) is 44.2 Å². The van der Waals surface area contributed by atoms with Crippen LogP contribution in [0.3, 0.4) is 0 Å². The second-order valence-corrected chi connectivity index (χ2v) is 9.29. The highest BCUT2D eigenvalue weighted by Gasteiger charge is 2.44. The van der Waals surface area contributed by atoms with E-state index in [1.165, 1.54) is 0 Å². The van der Waals surface area contributed by atoms with Crippen LogP contribution in [-0.4, -0.2) is 85.4 Å². The molecule has 1 N–H and O–H groups in total. The molecule has 134 valence electrons. The normalized spacial score (nSPS) is 29.7. The number of nitrogens with zero attached hydrogens (tertiary/aromatic N) is 2. The van der Waals surface area contributed by atoms with Crippen LogP contribution < -0.4 is 0 Å². The maximum absolute atomic E-state index is 11.8. The lowest BCUT2D eigenvalue weighted by molar-refractivity contribution is -0.0541. The lowest BCUT2D eigenvalue weighted by Gasteiger charge is -2.43. The highest BCUT2D eigenvalue weighted by atomic mass is 32.2. The van der Waals surface area contributed by atoms with E-state index in [9.17, 15) is 18.3 Å². The number of carbonyl (C=O) groups excluding carboxylic acids is 1. The molecule has 0 radical (unpaired) electrons. The average Bonchev–Trinajstić information content (AvgIpc) is 2.74. The molecule has 0 aromatic carbocycles. The predicted molar refractivity (Wildman–Crippen MR) is 87.1 cm³/mol. The number of likely N-dealkylation sites (N-methyl/N-ethyl adjacent to an activating group) is 1.